The van der Waals surface area contributed by atoms with Gasteiger partial charge >= 0.3 is 0 Å². The number of carbonyl (C=O) groups is 4. The van der Waals surface area contributed by atoms with Crippen molar-refractivity contribution in [2.24, 2.45) is 17.8 Å². The molecular formula is C38H64N6O8. The molecule has 2 rings (SSSR count). The molecule has 1 aromatic carbocycles. The van der Waals surface area contributed by atoms with E-state index in [4.69, 9.17) is 9.47 Å². The average Bonchev–Trinajstić information content (AvgIpc) is 3.60. The molecule has 1 aromatic rings. The SMILES string of the molecule is CC[C@H](C)[C@@H](C(CC(=O)N1CCC[C@H]1[C@H](OC)[C@@H](C)C(=O)N(C)CCc1ccccc1[N+](=O)[O-])OC)N(C)C(=O)[C@@H](NC(=O)[C@@H](C)N(C)C)C(C)C. The molecule has 1 fully saturated rings. The van der Waals surface area contributed by atoms with E-state index in [1.165, 1.54) is 6.07 Å². The summed E-state index contributed by atoms with van der Waals surface area (Å²) in [5, 5.41) is 14.4. The zero-order chi connectivity index (χ0) is 39.4. The normalized spacial score (nSPS) is 18.7. The minimum atomic E-state index is -0.759. The maximum absolute atomic E-state index is 14.1. The number of nitrogens with zero attached hydrogens (tertiary/aromatic N) is 5. The van der Waals surface area contributed by atoms with E-state index < -0.39 is 41.2 Å². The number of methoxy groups -OCH3 is 2. The Hall–Kier alpha value is -3.62. The Morgan fingerprint density at radius 2 is 1.63 bits per heavy atom. The van der Waals surface area contributed by atoms with Crippen molar-refractivity contribution in [1.82, 2.24) is 24.9 Å². The number of nitrogens with one attached hydrogen (secondary N) is 1. The molecule has 0 saturated carbocycles. The van der Waals surface area contributed by atoms with Crippen LogP contribution >= 0.6 is 0 Å². The average molecular weight is 733 g/mol. The summed E-state index contributed by atoms with van der Waals surface area (Å²) in [5.41, 5.74) is 0.572. The number of hydrogen-bond acceptors (Lipinski definition) is 9. The minimum Gasteiger partial charge on any atom is -0.379 e. The highest BCUT2D eigenvalue weighted by atomic mass is 16.6. The number of amides is 4. The molecule has 294 valence electrons. The van der Waals surface area contributed by atoms with Gasteiger partial charge in [0.2, 0.25) is 23.6 Å². The first-order valence-corrected chi connectivity index (χ1v) is 18.5. The number of nitro groups is 1. The highest BCUT2D eigenvalue weighted by Crippen LogP contribution is 2.30. The Bertz CT molecular complexity index is 1360. The second-order valence-electron chi connectivity index (χ2n) is 14.9. The Balaban J connectivity index is 2.23. The van der Waals surface area contributed by atoms with Gasteiger partial charge in [0.05, 0.1) is 47.6 Å². The number of ether oxygens (including phenoxy) is 2. The van der Waals surface area contributed by atoms with Crippen molar-refractivity contribution in [2.45, 2.75) is 110 Å². The van der Waals surface area contributed by atoms with Gasteiger partial charge in [0, 0.05) is 53.0 Å². The van der Waals surface area contributed by atoms with Crippen molar-refractivity contribution in [2.75, 3.05) is 55.5 Å². The summed E-state index contributed by atoms with van der Waals surface area (Å²) in [7, 11) is 10.1. The number of hydrogen-bond donors (Lipinski definition) is 1. The molecular weight excluding hydrogens is 668 g/mol. The third kappa shape index (κ3) is 11.2. The van der Waals surface area contributed by atoms with Gasteiger partial charge in [-0.2, -0.15) is 0 Å². The van der Waals surface area contributed by atoms with Gasteiger partial charge in [0.15, 0.2) is 0 Å². The van der Waals surface area contributed by atoms with Crippen LogP contribution in [0, 0.1) is 27.9 Å². The standard InChI is InChI=1S/C38H64N6O8/c1-13-25(4)34(42(10)38(48)33(24(2)3)39-36(46)27(6)40(7)8)31(51-11)23-32(45)43-21-16-19-30(43)35(52-12)26(5)37(47)41(9)22-20-28-17-14-15-18-29(28)44(49)50/h14-15,17-18,24-27,30-31,33-35H,13,16,19-23H2,1-12H3,(H,39,46)/t25-,26+,27+,30-,31?,33-,34-,35+/m0/s1. The van der Waals surface area contributed by atoms with Crippen LogP contribution in [-0.4, -0.2) is 140 Å². The summed E-state index contributed by atoms with van der Waals surface area (Å²) in [6.07, 6.45) is 1.27. The topological polar surface area (TPSA) is 155 Å². The third-order valence-electron chi connectivity index (χ3n) is 10.9. The Morgan fingerprint density at radius 1 is 1.00 bits per heavy atom. The lowest BCUT2D eigenvalue weighted by molar-refractivity contribution is -0.385. The van der Waals surface area contributed by atoms with Gasteiger partial charge in [-0.15, -0.1) is 0 Å². The monoisotopic (exact) mass is 732 g/mol. The molecule has 0 spiro atoms. The van der Waals surface area contributed by atoms with Gasteiger partial charge < -0.3 is 29.5 Å². The fraction of sp³-hybridized carbons (Fsp3) is 0.737. The lowest BCUT2D eigenvalue weighted by atomic mass is 9.89. The Kier molecular flexibility index (Phi) is 17.6. The Labute approximate surface area is 310 Å². The van der Waals surface area contributed by atoms with Crippen molar-refractivity contribution in [3.8, 4) is 0 Å². The summed E-state index contributed by atoms with van der Waals surface area (Å²) in [6.45, 7) is 12.2. The number of likely N-dealkylation sites (N-methyl/N-ethyl adjacent to an activating group) is 3. The third-order valence-corrected chi connectivity index (χ3v) is 10.9. The van der Waals surface area contributed by atoms with Crippen LogP contribution in [0.5, 0.6) is 0 Å². The molecule has 1 saturated heterocycles. The van der Waals surface area contributed by atoms with E-state index in [9.17, 15) is 29.3 Å². The molecule has 8 atom stereocenters. The molecule has 1 aliphatic rings. The predicted molar refractivity (Wildman–Crippen MR) is 200 cm³/mol. The van der Waals surface area contributed by atoms with Gasteiger partial charge in [0.25, 0.3) is 5.69 Å². The molecule has 0 aliphatic carbocycles. The summed E-state index contributed by atoms with van der Waals surface area (Å²) < 4.78 is 11.9. The molecule has 0 radical (unpaired) electrons. The highest BCUT2D eigenvalue weighted by molar-refractivity contribution is 5.90. The molecule has 1 aliphatic heterocycles. The molecule has 1 unspecified atom stereocenters. The zero-order valence-electron chi connectivity index (χ0n) is 33.5. The van der Waals surface area contributed by atoms with Gasteiger partial charge in [-0.3, -0.25) is 34.2 Å². The number of carbonyl (C=O) groups excluding carboxylic acids is 4. The number of likely N-dealkylation sites (tertiary alicyclic amines) is 1. The van der Waals surface area contributed by atoms with Crippen LogP contribution in [-0.2, 0) is 35.1 Å². The van der Waals surface area contributed by atoms with Gasteiger partial charge in [-0.1, -0.05) is 59.2 Å². The summed E-state index contributed by atoms with van der Waals surface area (Å²) >= 11 is 0. The van der Waals surface area contributed by atoms with Crippen LogP contribution in [0.25, 0.3) is 0 Å². The van der Waals surface area contributed by atoms with E-state index in [0.29, 0.717) is 24.9 Å². The van der Waals surface area contributed by atoms with E-state index >= 15 is 0 Å². The first-order chi connectivity index (χ1) is 24.4. The van der Waals surface area contributed by atoms with E-state index in [-0.39, 0.29) is 60.2 Å². The molecule has 1 N–H and O–H groups in total. The summed E-state index contributed by atoms with van der Waals surface area (Å²) in [6, 6.07) is 4.52. The molecule has 14 heteroatoms. The Morgan fingerprint density at radius 3 is 2.17 bits per heavy atom. The quantitative estimate of drug-likeness (QED) is 0.156. The minimum absolute atomic E-state index is 0.0184. The smallest absolute Gasteiger partial charge is 0.272 e. The largest absolute Gasteiger partial charge is 0.379 e. The van der Waals surface area contributed by atoms with Gasteiger partial charge in [-0.25, -0.2) is 0 Å². The van der Waals surface area contributed by atoms with Crippen LogP contribution in [0.1, 0.15) is 72.8 Å². The highest BCUT2D eigenvalue weighted by Gasteiger charge is 2.43. The second kappa shape index (κ2) is 20.6. The van der Waals surface area contributed by atoms with E-state index in [0.717, 1.165) is 12.8 Å². The van der Waals surface area contributed by atoms with Crippen molar-refractivity contribution < 1.29 is 33.6 Å². The number of para-hydroxylation sites is 1. The predicted octanol–water partition coefficient (Wildman–Crippen LogP) is 3.61. The van der Waals surface area contributed by atoms with Crippen LogP contribution < -0.4 is 5.32 Å². The van der Waals surface area contributed by atoms with Gasteiger partial charge in [0.1, 0.15) is 6.04 Å². The molecule has 4 amide bonds. The van der Waals surface area contributed by atoms with Crippen molar-refractivity contribution in [1.29, 1.82) is 0 Å². The number of nitro benzene ring substituents is 1. The summed E-state index contributed by atoms with van der Waals surface area (Å²) in [5.74, 6) is -1.60. The number of benzene rings is 1. The van der Waals surface area contributed by atoms with Crippen molar-refractivity contribution in [3.63, 3.8) is 0 Å². The van der Waals surface area contributed by atoms with Crippen LogP contribution in [0.2, 0.25) is 0 Å². The van der Waals surface area contributed by atoms with Crippen LogP contribution in [0.4, 0.5) is 5.69 Å². The molecule has 1 heterocycles. The number of rotatable bonds is 20. The maximum Gasteiger partial charge on any atom is 0.272 e. The fourth-order valence-electron chi connectivity index (χ4n) is 7.19. The van der Waals surface area contributed by atoms with Crippen LogP contribution in [0.15, 0.2) is 24.3 Å². The van der Waals surface area contributed by atoms with E-state index in [2.05, 4.69) is 5.32 Å². The van der Waals surface area contributed by atoms with E-state index in [1.807, 2.05) is 41.8 Å². The fourth-order valence-corrected chi connectivity index (χ4v) is 7.19. The van der Waals surface area contributed by atoms with Crippen molar-refractivity contribution in [3.05, 3.63) is 39.9 Å². The second-order valence-corrected chi connectivity index (χ2v) is 14.9. The van der Waals surface area contributed by atoms with E-state index in [1.54, 1.807) is 80.0 Å². The van der Waals surface area contributed by atoms with Gasteiger partial charge in [-0.05, 0) is 52.1 Å². The van der Waals surface area contributed by atoms with Crippen LogP contribution in [0.3, 0.4) is 0 Å². The van der Waals surface area contributed by atoms with Crippen molar-refractivity contribution >= 4 is 29.3 Å². The summed E-state index contributed by atoms with van der Waals surface area (Å²) in [4.78, 5) is 72.6. The zero-order valence-corrected chi connectivity index (χ0v) is 33.5. The lowest BCUT2D eigenvalue weighted by Crippen LogP contribution is -2.59. The molecule has 14 nitrogen and oxygen atoms in total. The maximum atomic E-state index is 14.1. The first kappa shape index (κ1) is 44.5. The molecule has 0 bridgehead atoms. The molecule has 52 heavy (non-hydrogen) atoms. The lowest BCUT2D eigenvalue weighted by Gasteiger charge is -2.41. The molecule has 0 aromatic heterocycles. The first-order valence-electron chi connectivity index (χ1n) is 18.5.